The maximum absolute atomic E-state index is 13.4. The van der Waals surface area contributed by atoms with E-state index in [-0.39, 0.29) is 19.0 Å². The molecule has 0 aliphatic heterocycles. The Hall–Kier alpha value is -2.60. The van der Waals surface area contributed by atoms with Crippen LogP contribution in [-0.4, -0.2) is 67.8 Å². The van der Waals surface area contributed by atoms with Crippen LogP contribution in [0.25, 0.3) is 11.2 Å². The fourth-order valence-electron chi connectivity index (χ4n) is 2.90. The van der Waals surface area contributed by atoms with Crippen molar-refractivity contribution in [1.82, 2.24) is 24.6 Å². The van der Waals surface area contributed by atoms with Gasteiger partial charge in [-0.05, 0) is 27.2 Å². The van der Waals surface area contributed by atoms with Gasteiger partial charge < -0.3 is 29.4 Å². The molecule has 13 nitrogen and oxygen atoms in total. The Kier molecular flexibility index (Phi) is 9.92. The van der Waals surface area contributed by atoms with Crippen molar-refractivity contribution in [3.63, 3.8) is 0 Å². The normalized spacial score (nSPS) is 14.6. The number of nitrogens with zero attached hydrogens (tertiary/aromatic N) is 4. The maximum atomic E-state index is 13.4. The summed E-state index contributed by atoms with van der Waals surface area (Å²) < 4.78 is 31.2. The van der Waals surface area contributed by atoms with Crippen molar-refractivity contribution in [3.05, 3.63) is 12.7 Å². The van der Waals surface area contributed by atoms with Crippen molar-refractivity contribution in [2.24, 2.45) is 0 Å². The number of carbonyl (C=O) groups is 2. The molecule has 1 unspecified atom stereocenters. The number of carboxylic acids is 1. The summed E-state index contributed by atoms with van der Waals surface area (Å²) >= 11 is 0. The molecule has 34 heavy (non-hydrogen) atoms. The van der Waals surface area contributed by atoms with Crippen LogP contribution in [0.5, 0.6) is 0 Å². The van der Waals surface area contributed by atoms with Gasteiger partial charge in [0.15, 0.2) is 18.1 Å². The first-order valence-electron chi connectivity index (χ1n) is 10.9. The second-order valence-corrected chi connectivity index (χ2v) is 10.4. The molecule has 2 heterocycles. The van der Waals surface area contributed by atoms with E-state index in [0.717, 1.165) is 12.8 Å². The van der Waals surface area contributed by atoms with Crippen LogP contribution in [0.1, 0.15) is 47.0 Å². The number of fused-ring (bicyclic) bond motifs is 1. The Morgan fingerprint density at radius 1 is 1.29 bits per heavy atom. The maximum Gasteiger partial charge on any atom is 0.332 e. The van der Waals surface area contributed by atoms with Gasteiger partial charge in [0.05, 0.1) is 25.6 Å². The SMILES string of the molecule is CCCCCOC(=O)COP(=O)(CO[C@@H](C)Cn1cnc2c(N)ncnc21)NC(C)(C)C(=O)O. The zero-order chi connectivity index (χ0) is 25.4. The summed E-state index contributed by atoms with van der Waals surface area (Å²) in [6, 6.07) is 0. The molecule has 0 saturated heterocycles. The summed E-state index contributed by atoms with van der Waals surface area (Å²) in [6.07, 6.45) is 4.48. The highest BCUT2D eigenvalue weighted by molar-refractivity contribution is 7.56. The monoisotopic (exact) mass is 500 g/mol. The van der Waals surface area contributed by atoms with Crippen molar-refractivity contribution in [2.75, 3.05) is 25.3 Å². The number of nitrogens with two attached hydrogens (primary N) is 1. The summed E-state index contributed by atoms with van der Waals surface area (Å²) in [6.45, 7) is 6.33. The van der Waals surface area contributed by atoms with E-state index in [4.69, 9.17) is 19.7 Å². The van der Waals surface area contributed by atoms with Crippen molar-refractivity contribution in [3.8, 4) is 0 Å². The van der Waals surface area contributed by atoms with Crippen molar-refractivity contribution in [1.29, 1.82) is 0 Å². The predicted molar refractivity (Wildman–Crippen MR) is 124 cm³/mol. The molecule has 190 valence electrons. The number of hydrogen-bond donors (Lipinski definition) is 3. The first-order chi connectivity index (χ1) is 16.0. The minimum atomic E-state index is -3.92. The molecule has 2 aromatic heterocycles. The van der Waals surface area contributed by atoms with Crippen molar-refractivity contribution >= 4 is 36.4 Å². The van der Waals surface area contributed by atoms with Crippen LogP contribution < -0.4 is 10.8 Å². The van der Waals surface area contributed by atoms with Crippen LogP contribution in [0.4, 0.5) is 5.82 Å². The van der Waals surface area contributed by atoms with Gasteiger partial charge in [0.1, 0.15) is 23.7 Å². The Morgan fingerprint density at radius 2 is 2.03 bits per heavy atom. The van der Waals surface area contributed by atoms with Gasteiger partial charge in [-0.25, -0.2) is 24.8 Å². The number of aliphatic carboxylic acids is 1. The third kappa shape index (κ3) is 8.01. The number of rotatable bonds is 15. The number of carbonyl (C=O) groups excluding carboxylic acids is 1. The summed E-state index contributed by atoms with van der Waals surface area (Å²) in [4.78, 5) is 35.7. The molecule has 2 atom stereocenters. The third-order valence-electron chi connectivity index (χ3n) is 4.80. The summed E-state index contributed by atoms with van der Waals surface area (Å²) in [5, 5.41) is 11.9. The van der Waals surface area contributed by atoms with Crippen molar-refractivity contribution in [2.45, 2.75) is 65.1 Å². The molecule has 2 aromatic rings. The molecule has 0 aliphatic carbocycles. The number of nitrogens with one attached hydrogen (secondary N) is 1. The first kappa shape index (κ1) is 27.6. The number of unbranched alkanes of at least 4 members (excludes halogenated alkanes) is 2. The van der Waals surface area contributed by atoms with Crippen molar-refractivity contribution < 1.29 is 33.3 Å². The number of esters is 1. The molecule has 14 heteroatoms. The highest BCUT2D eigenvalue weighted by Crippen LogP contribution is 2.45. The van der Waals surface area contributed by atoms with Gasteiger partial charge in [-0.1, -0.05) is 19.8 Å². The molecule has 0 bridgehead atoms. The van der Waals surface area contributed by atoms with Gasteiger partial charge in [-0.15, -0.1) is 0 Å². The lowest BCUT2D eigenvalue weighted by atomic mass is 10.1. The molecule has 0 fully saturated rings. The molecule has 4 N–H and O–H groups in total. The molecule has 0 saturated carbocycles. The number of ether oxygens (including phenoxy) is 2. The van der Waals surface area contributed by atoms with Gasteiger partial charge >= 0.3 is 11.9 Å². The van der Waals surface area contributed by atoms with Gasteiger partial charge in [0.25, 0.3) is 7.52 Å². The molecular weight excluding hydrogens is 467 g/mol. The van der Waals surface area contributed by atoms with Crippen LogP contribution in [-0.2, 0) is 34.7 Å². The molecule has 2 rings (SSSR count). The average Bonchev–Trinajstić information content (AvgIpc) is 3.18. The lowest BCUT2D eigenvalue weighted by molar-refractivity contribution is -0.146. The van der Waals surface area contributed by atoms with E-state index in [1.807, 2.05) is 6.92 Å². The smallest absolute Gasteiger partial charge is 0.332 e. The van der Waals surface area contributed by atoms with E-state index in [9.17, 15) is 19.3 Å². The zero-order valence-electron chi connectivity index (χ0n) is 19.9. The first-order valence-corrected chi connectivity index (χ1v) is 12.7. The predicted octanol–water partition coefficient (Wildman–Crippen LogP) is 2.17. The van der Waals surface area contributed by atoms with Crippen LogP contribution >= 0.6 is 7.52 Å². The number of carboxylic acid groups (broad SMARTS) is 1. The Morgan fingerprint density at radius 3 is 2.71 bits per heavy atom. The Balaban J connectivity index is 2.02. The van der Waals surface area contributed by atoms with Gasteiger partial charge in [-0.3, -0.25) is 9.36 Å². The van der Waals surface area contributed by atoms with E-state index in [1.165, 1.54) is 26.5 Å². The zero-order valence-corrected chi connectivity index (χ0v) is 20.8. The minimum Gasteiger partial charge on any atom is -0.480 e. The summed E-state index contributed by atoms with van der Waals surface area (Å²) in [7, 11) is -3.92. The van der Waals surface area contributed by atoms with E-state index in [0.29, 0.717) is 17.6 Å². The minimum absolute atomic E-state index is 0.231. The largest absolute Gasteiger partial charge is 0.480 e. The van der Waals surface area contributed by atoms with E-state index in [2.05, 4.69) is 20.0 Å². The van der Waals surface area contributed by atoms with Gasteiger partial charge in [0, 0.05) is 0 Å². The molecule has 0 aromatic carbocycles. The standard InChI is InChI=1S/C20H33N6O7P/c1-5-6-7-8-31-15(27)10-33-34(30,25-20(3,4)19(28)29)13-32-14(2)9-26-12-24-16-17(21)22-11-23-18(16)26/h11-12,14H,5-10,13H2,1-4H3,(H,25,30)(H,28,29)(H2,21,22,23)/t14-,34?/m0/s1. The second kappa shape index (κ2) is 12.2. The van der Waals surface area contributed by atoms with E-state index < -0.39 is 44.1 Å². The lowest BCUT2D eigenvalue weighted by Gasteiger charge is -2.28. The Labute approximate surface area is 197 Å². The van der Waals surface area contributed by atoms with Crippen LogP contribution in [0.2, 0.25) is 0 Å². The highest BCUT2D eigenvalue weighted by Gasteiger charge is 2.38. The number of hydrogen-bond acceptors (Lipinski definition) is 10. The lowest BCUT2D eigenvalue weighted by Crippen LogP contribution is -2.46. The van der Waals surface area contributed by atoms with E-state index in [1.54, 1.807) is 11.5 Å². The average molecular weight is 500 g/mol. The summed E-state index contributed by atoms with van der Waals surface area (Å²) in [5.74, 6) is -1.69. The molecule has 0 aliphatic rings. The molecule has 0 amide bonds. The van der Waals surface area contributed by atoms with E-state index >= 15 is 0 Å². The Bertz CT molecular complexity index is 1030. The third-order valence-corrected chi connectivity index (χ3v) is 6.73. The van der Waals surface area contributed by atoms with Gasteiger partial charge in [-0.2, -0.15) is 0 Å². The molecule has 0 spiro atoms. The molecule has 0 radical (unpaired) electrons. The van der Waals surface area contributed by atoms with Crippen LogP contribution in [0.15, 0.2) is 12.7 Å². The highest BCUT2D eigenvalue weighted by atomic mass is 31.2. The van der Waals surface area contributed by atoms with Crippen LogP contribution in [0.3, 0.4) is 0 Å². The number of aromatic nitrogens is 4. The van der Waals surface area contributed by atoms with Gasteiger partial charge in [0.2, 0.25) is 0 Å². The number of imidazole rings is 1. The second-order valence-electron chi connectivity index (χ2n) is 8.35. The number of nitrogen functional groups attached to an aromatic ring is 1. The fraction of sp³-hybridized carbons (Fsp3) is 0.650. The van der Waals surface area contributed by atoms with Crippen LogP contribution in [0, 0.1) is 0 Å². The quantitative estimate of drug-likeness (QED) is 0.184. The number of anilines is 1. The molecular formula is C20H33N6O7P. The topological polar surface area (TPSA) is 181 Å². The summed E-state index contributed by atoms with van der Waals surface area (Å²) in [5.41, 5.74) is 5.16. The fourth-order valence-corrected chi connectivity index (χ4v) is 4.82.